The van der Waals surface area contributed by atoms with E-state index in [0.717, 1.165) is 5.56 Å². The molecular weight excluding hydrogens is 218 g/mol. The van der Waals surface area contributed by atoms with Gasteiger partial charge < -0.3 is 10.5 Å². The van der Waals surface area contributed by atoms with E-state index in [9.17, 15) is 9.59 Å². The Hall–Kier alpha value is -1.68. The molecule has 0 aromatic heterocycles. The summed E-state index contributed by atoms with van der Waals surface area (Å²) in [5.41, 5.74) is 5.37. The van der Waals surface area contributed by atoms with Gasteiger partial charge in [0.25, 0.3) is 5.78 Å². The van der Waals surface area contributed by atoms with Crippen molar-refractivity contribution in [1.29, 1.82) is 0 Å². The number of esters is 1. The summed E-state index contributed by atoms with van der Waals surface area (Å²) in [5, 5.41) is 0. The van der Waals surface area contributed by atoms with Gasteiger partial charge in [-0.15, -0.1) is 0 Å². The molecule has 1 rings (SSSR count). The average molecular weight is 235 g/mol. The van der Waals surface area contributed by atoms with E-state index in [0.29, 0.717) is 6.42 Å². The van der Waals surface area contributed by atoms with Crippen LogP contribution in [0.5, 0.6) is 0 Å². The second kappa shape index (κ2) is 5.59. The molecule has 0 bridgehead atoms. The van der Waals surface area contributed by atoms with Gasteiger partial charge in [-0.2, -0.15) is 0 Å². The monoisotopic (exact) mass is 235 g/mol. The summed E-state index contributed by atoms with van der Waals surface area (Å²) in [6.45, 7) is 3.37. The van der Waals surface area contributed by atoms with Gasteiger partial charge in [-0.05, 0) is 18.9 Å². The van der Waals surface area contributed by atoms with Crippen LogP contribution in [-0.2, 0) is 20.9 Å². The summed E-state index contributed by atoms with van der Waals surface area (Å²) in [6.07, 6.45) is 0.395. The third kappa shape index (κ3) is 3.67. The lowest BCUT2D eigenvalue weighted by Gasteiger charge is -2.19. The summed E-state index contributed by atoms with van der Waals surface area (Å²) >= 11 is 0. The third-order valence-electron chi connectivity index (χ3n) is 2.65. The zero-order valence-corrected chi connectivity index (χ0v) is 10.1. The van der Waals surface area contributed by atoms with Gasteiger partial charge in [-0.25, -0.2) is 4.79 Å². The zero-order valence-electron chi connectivity index (χ0n) is 10.1. The molecule has 0 saturated heterocycles. The Kier molecular flexibility index (Phi) is 4.40. The number of nitrogens with two attached hydrogens (primary N) is 1. The van der Waals surface area contributed by atoms with Crippen LogP contribution in [0.1, 0.15) is 25.8 Å². The summed E-state index contributed by atoms with van der Waals surface area (Å²) in [4.78, 5) is 23.1. The van der Waals surface area contributed by atoms with Crippen LogP contribution < -0.4 is 5.73 Å². The third-order valence-corrected chi connectivity index (χ3v) is 2.65. The van der Waals surface area contributed by atoms with Crippen molar-refractivity contribution < 1.29 is 14.3 Å². The number of carbonyl (C=O) groups excluding carboxylic acids is 2. The van der Waals surface area contributed by atoms with Gasteiger partial charge in [0, 0.05) is 0 Å². The Morgan fingerprint density at radius 3 is 2.41 bits per heavy atom. The maximum Gasteiger partial charge on any atom is 0.376 e. The SMILES string of the molecule is CC[C@](C)(N)C(=O)C(=O)OCc1ccccc1. The van der Waals surface area contributed by atoms with Gasteiger partial charge in [0.1, 0.15) is 6.61 Å². The van der Waals surface area contributed by atoms with Crippen molar-refractivity contribution in [2.45, 2.75) is 32.4 Å². The summed E-state index contributed by atoms with van der Waals surface area (Å²) in [5.74, 6) is -1.56. The Labute approximate surface area is 101 Å². The number of rotatable bonds is 5. The zero-order chi connectivity index (χ0) is 12.9. The standard InChI is InChI=1S/C13H17NO3/c1-3-13(2,14)11(15)12(16)17-9-10-7-5-4-6-8-10/h4-8H,3,9,14H2,1-2H3/t13-/m0/s1. The molecule has 0 unspecified atom stereocenters. The topological polar surface area (TPSA) is 69.4 Å². The van der Waals surface area contributed by atoms with E-state index in [1.165, 1.54) is 6.92 Å². The Morgan fingerprint density at radius 2 is 1.88 bits per heavy atom. The van der Waals surface area contributed by atoms with Gasteiger partial charge in [0.15, 0.2) is 0 Å². The summed E-state index contributed by atoms with van der Waals surface area (Å²) in [7, 11) is 0. The second-order valence-electron chi connectivity index (χ2n) is 4.16. The number of benzene rings is 1. The minimum Gasteiger partial charge on any atom is -0.455 e. The molecule has 0 aliphatic heterocycles. The fraction of sp³-hybridized carbons (Fsp3) is 0.385. The van der Waals surface area contributed by atoms with Gasteiger partial charge >= 0.3 is 5.97 Å². The lowest BCUT2D eigenvalue weighted by Crippen LogP contribution is -2.48. The first kappa shape index (κ1) is 13.4. The van der Waals surface area contributed by atoms with Crippen LogP contribution >= 0.6 is 0 Å². The van der Waals surface area contributed by atoms with Crippen LogP contribution in [0.3, 0.4) is 0 Å². The van der Waals surface area contributed by atoms with Gasteiger partial charge in [0.2, 0.25) is 0 Å². The van der Waals surface area contributed by atoms with Crippen LogP contribution in [-0.4, -0.2) is 17.3 Å². The van der Waals surface area contributed by atoms with Gasteiger partial charge in [-0.1, -0.05) is 37.3 Å². The molecule has 0 radical (unpaired) electrons. The van der Waals surface area contributed by atoms with Crippen molar-refractivity contribution >= 4 is 11.8 Å². The lowest BCUT2D eigenvalue weighted by atomic mass is 9.95. The molecule has 0 fully saturated rings. The van der Waals surface area contributed by atoms with Crippen molar-refractivity contribution in [2.24, 2.45) is 5.73 Å². The highest BCUT2D eigenvalue weighted by Gasteiger charge is 2.33. The molecule has 92 valence electrons. The van der Waals surface area contributed by atoms with E-state index in [4.69, 9.17) is 10.5 Å². The normalized spacial score (nSPS) is 13.8. The average Bonchev–Trinajstić information content (AvgIpc) is 2.36. The van der Waals surface area contributed by atoms with Crippen molar-refractivity contribution in [2.75, 3.05) is 0 Å². The number of ether oxygens (including phenoxy) is 1. The van der Waals surface area contributed by atoms with E-state index < -0.39 is 17.3 Å². The summed E-state index contributed by atoms with van der Waals surface area (Å²) < 4.78 is 4.91. The molecule has 0 aliphatic rings. The number of carbonyl (C=O) groups is 2. The molecule has 17 heavy (non-hydrogen) atoms. The van der Waals surface area contributed by atoms with E-state index in [1.54, 1.807) is 6.92 Å². The van der Waals surface area contributed by atoms with E-state index in [-0.39, 0.29) is 6.61 Å². The minimum absolute atomic E-state index is 0.0885. The Morgan fingerprint density at radius 1 is 1.29 bits per heavy atom. The minimum atomic E-state index is -1.15. The van der Waals surface area contributed by atoms with E-state index in [2.05, 4.69) is 0 Å². The molecule has 0 spiro atoms. The second-order valence-corrected chi connectivity index (χ2v) is 4.16. The lowest BCUT2D eigenvalue weighted by molar-refractivity contribution is -0.157. The smallest absolute Gasteiger partial charge is 0.376 e. The molecular formula is C13H17NO3. The van der Waals surface area contributed by atoms with Crippen LogP contribution in [0.4, 0.5) is 0 Å². The van der Waals surface area contributed by atoms with Crippen LogP contribution in [0, 0.1) is 0 Å². The number of Topliss-reactive ketones (excluding diaryl/α,β-unsaturated/α-hetero) is 1. The van der Waals surface area contributed by atoms with E-state index >= 15 is 0 Å². The fourth-order valence-corrected chi connectivity index (χ4v) is 1.18. The molecule has 0 heterocycles. The Bertz CT molecular complexity index is 398. The van der Waals surface area contributed by atoms with Crippen LogP contribution in [0.15, 0.2) is 30.3 Å². The molecule has 1 atom stereocenters. The number of hydrogen-bond acceptors (Lipinski definition) is 4. The first-order chi connectivity index (χ1) is 7.97. The molecule has 2 N–H and O–H groups in total. The quantitative estimate of drug-likeness (QED) is 0.619. The molecule has 0 aliphatic carbocycles. The largest absolute Gasteiger partial charge is 0.455 e. The number of ketones is 1. The first-order valence-electron chi connectivity index (χ1n) is 5.51. The predicted molar refractivity (Wildman–Crippen MR) is 64.1 cm³/mol. The molecule has 1 aromatic rings. The van der Waals surface area contributed by atoms with Crippen molar-refractivity contribution in [3.8, 4) is 0 Å². The maximum atomic E-state index is 11.6. The van der Waals surface area contributed by atoms with Crippen LogP contribution in [0.25, 0.3) is 0 Å². The predicted octanol–water partition coefficient (Wildman–Crippen LogP) is 1.43. The van der Waals surface area contributed by atoms with Crippen LogP contribution in [0.2, 0.25) is 0 Å². The highest BCUT2D eigenvalue weighted by molar-refractivity contribution is 6.37. The highest BCUT2D eigenvalue weighted by atomic mass is 16.5. The Balaban J connectivity index is 2.54. The molecule has 4 heteroatoms. The number of hydrogen-bond donors (Lipinski definition) is 1. The maximum absolute atomic E-state index is 11.6. The van der Waals surface area contributed by atoms with E-state index in [1.807, 2.05) is 30.3 Å². The fourth-order valence-electron chi connectivity index (χ4n) is 1.18. The summed E-state index contributed by atoms with van der Waals surface area (Å²) in [6, 6.07) is 9.18. The molecule has 0 amide bonds. The van der Waals surface area contributed by atoms with Gasteiger partial charge in [-0.3, -0.25) is 4.79 Å². The van der Waals surface area contributed by atoms with Gasteiger partial charge in [0.05, 0.1) is 5.54 Å². The first-order valence-corrected chi connectivity index (χ1v) is 5.51. The van der Waals surface area contributed by atoms with Crippen molar-refractivity contribution in [3.05, 3.63) is 35.9 Å². The van der Waals surface area contributed by atoms with Crippen molar-refractivity contribution in [1.82, 2.24) is 0 Å². The molecule has 0 saturated carbocycles. The molecule has 1 aromatic carbocycles. The van der Waals surface area contributed by atoms with Crippen molar-refractivity contribution in [3.63, 3.8) is 0 Å². The molecule has 4 nitrogen and oxygen atoms in total. The highest BCUT2D eigenvalue weighted by Crippen LogP contribution is 2.08.